The zero-order valence-corrected chi connectivity index (χ0v) is 23.2. The van der Waals surface area contributed by atoms with Gasteiger partial charge >= 0.3 is 21.5 Å². The van der Waals surface area contributed by atoms with Gasteiger partial charge in [-0.1, -0.05) is 20.8 Å². The number of allylic oxidation sites excluding steroid dienone is 2. The minimum atomic E-state index is -6.48. The number of rotatable bonds is 4. The maximum Gasteiger partial charge on any atom is 0.432 e. The molecule has 0 aromatic rings. The third-order valence-corrected chi connectivity index (χ3v) is 12.0. The van der Waals surface area contributed by atoms with Gasteiger partial charge in [0.05, 0.1) is 5.76 Å². The molecular formula is C27H33F5O7S. The second-order valence-electron chi connectivity index (χ2n) is 13.0. The van der Waals surface area contributed by atoms with Gasteiger partial charge in [0.1, 0.15) is 17.3 Å². The molecule has 0 aliphatic heterocycles. The molecule has 9 atom stereocenters. The largest absolute Gasteiger partial charge is 0.478 e. The van der Waals surface area contributed by atoms with E-state index in [9.17, 15) is 44.8 Å². The van der Waals surface area contributed by atoms with Crippen molar-refractivity contribution in [2.24, 2.45) is 46.3 Å². The van der Waals surface area contributed by atoms with Crippen LogP contribution in [0.3, 0.4) is 0 Å². The van der Waals surface area contributed by atoms with Crippen molar-refractivity contribution in [2.75, 3.05) is 0 Å². The van der Waals surface area contributed by atoms with Crippen LogP contribution in [-0.2, 0) is 29.2 Å². The van der Waals surface area contributed by atoms with Crippen LogP contribution in [0, 0.1) is 46.3 Å². The number of hydrogen-bond acceptors (Lipinski definition) is 6. The van der Waals surface area contributed by atoms with Gasteiger partial charge in [-0.05, 0) is 59.8 Å². The number of carbonyl (C=O) groups is 3. The van der Waals surface area contributed by atoms with Crippen molar-refractivity contribution in [3.8, 4) is 0 Å². The Kier molecular flexibility index (Phi) is 6.70. The molecule has 224 valence electrons. The lowest BCUT2D eigenvalue weighted by Crippen LogP contribution is -2.60. The van der Waals surface area contributed by atoms with Crippen LogP contribution in [0.2, 0.25) is 0 Å². The lowest BCUT2D eigenvalue weighted by atomic mass is 9.44. The van der Waals surface area contributed by atoms with Crippen molar-refractivity contribution in [3.05, 3.63) is 11.3 Å². The van der Waals surface area contributed by atoms with E-state index in [2.05, 4.69) is 0 Å². The summed E-state index contributed by atoms with van der Waals surface area (Å²) in [6, 6.07) is 0. The topological polar surface area (TPSA) is 115 Å². The Hall–Kier alpha value is -1.89. The molecule has 0 saturated heterocycles. The second-order valence-corrected chi connectivity index (χ2v) is 14.5. The van der Waals surface area contributed by atoms with E-state index in [1.54, 1.807) is 6.92 Å². The molecule has 0 radical (unpaired) electrons. The van der Waals surface area contributed by atoms with Gasteiger partial charge in [-0.25, -0.2) is 0 Å². The van der Waals surface area contributed by atoms with Gasteiger partial charge in [0.15, 0.2) is 0 Å². The summed E-state index contributed by atoms with van der Waals surface area (Å²) >= 11 is 0. The number of alkyl halides is 5. The molecule has 0 aromatic heterocycles. The third kappa shape index (κ3) is 4.11. The summed E-state index contributed by atoms with van der Waals surface area (Å²) in [7, 11) is -6.48. The molecule has 5 rings (SSSR count). The molecule has 0 heterocycles. The first-order chi connectivity index (χ1) is 18.2. The van der Waals surface area contributed by atoms with E-state index in [4.69, 9.17) is 9.29 Å². The Labute approximate surface area is 229 Å². The van der Waals surface area contributed by atoms with E-state index in [-0.39, 0.29) is 79.2 Å². The van der Waals surface area contributed by atoms with Crippen LogP contribution >= 0.6 is 0 Å². The lowest BCUT2D eigenvalue weighted by Gasteiger charge is -2.58. The van der Waals surface area contributed by atoms with Gasteiger partial charge in [-0.3, -0.25) is 18.9 Å². The summed E-state index contributed by atoms with van der Waals surface area (Å²) in [5.41, 5.74) is -1.34. The highest BCUT2D eigenvalue weighted by molar-refractivity contribution is 7.86. The summed E-state index contributed by atoms with van der Waals surface area (Å²) < 4.78 is 106. The number of Topliss-reactive ketones (excluding diaryl/α,β-unsaturated/α-hetero) is 3. The second kappa shape index (κ2) is 9.05. The average molecular weight is 597 g/mol. The highest BCUT2D eigenvalue weighted by atomic mass is 32.2. The van der Waals surface area contributed by atoms with E-state index in [1.807, 2.05) is 13.8 Å². The van der Waals surface area contributed by atoms with Crippen LogP contribution in [-0.4, -0.2) is 47.9 Å². The fourth-order valence-corrected chi connectivity index (χ4v) is 9.46. The van der Waals surface area contributed by atoms with Crippen molar-refractivity contribution >= 4 is 27.5 Å². The van der Waals surface area contributed by atoms with Crippen molar-refractivity contribution in [2.45, 2.75) is 89.7 Å². The van der Waals surface area contributed by atoms with Crippen LogP contribution in [0.5, 0.6) is 0 Å². The fourth-order valence-electron chi connectivity index (χ4n) is 9.01. The van der Waals surface area contributed by atoms with Crippen molar-refractivity contribution in [1.82, 2.24) is 0 Å². The smallest absolute Gasteiger partial charge is 0.432 e. The molecular weight excluding hydrogens is 563 g/mol. The van der Waals surface area contributed by atoms with E-state index in [0.29, 0.717) is 12.8 Å². The van der Waals surface area contributed by atoms with Gasteiger partial charge in [-0.15, -0.1) is 0 Å². The summed E-state index contributed by atoms with van der Waals surface area (Å²) in [6.45, 7) is 5.52. The monoisotopic (exact) mass is 596 g/mol. The molecule has 1 unspecified atom stereocenters. The van der Waals surface area contributed by atoms with Crippen molar-refractivity contribution in [1.29, 1.82) is 0 Å². The Morgan fingerprint density at radius 1 is 0.975 bits per heavy atom. The van der Waals surface area contributed by atoms with Gasteiger partial charge in [0, 0.05) is 43.4 Å². The minimum absolute atomic E-state index is 0.0127. The molecule has 1 N–H and O–H groups in total. The molecule has 0 bridgehead atoms. The Balaban J connectivity index is 1.58. The first-order valence-electron chi connectivity index (χ1n) is 13.6. The molecule has 4 saturated carbocycles. The van der Waals surface area contributed by atoms with Gasteiger partial charge in [-0.2, -0.15) is 30.4 Å². The fraction of sp³-hybridized carbons (Fsp3) is 0.815. The molecule has 13 heteroatoms. The quantitative estimate of drug-likeness (QED) is 0.346. The highest BCUT2D eigenvalue weighted by Crippen LogP contribution is 2.68. The first-order valence-corrected chi connectivity index (χ1v) is 15.1. The van der Waals surface area contributed by atoms with Crippen molar-refractivity contribution < 1.29 is 54.0 Å². The third-order valence-electron chi connectivity index (χ3n) is 11.1. The van der Waals surface area contributed by atoms with Crippen LogP contribution in [0.1, 0.15) is 72.1 Å². The van der Waals surface area contributed by atoms with Crippen molar-refractivity contribution in [3.63, 3.8) is 0 Å². The van der Waals surface area contributed by atoms with Gasteiger partial charge in [0.25, 0.3) is 6.10 Å². The van der Waals surface area contributed by atoms with E-state index < -0.39 is 62.0 Å². The Morgan fingerprint density at radius 3 is 2.23 bits per heavy atom. The molecule has 5 aliphatic rings. The van der Waals surface area contributed by atoms with E-state index in [1.165, 1.54) is 0 Å². The van der Waals surface area contributed by atoms with Gasteiger partial charge in [0.2, 0.25) is 0 Å². The number of hydrogen-bond donors (Lipinski definition) is 1. The number of ether oxygens (including phenoxy) is 1. The van der Waals surface area contributed by atoms with Crippen LogP contribution in [0.4, 0.5) is 22.0 Å². The molecule has 0 aromatic carbocycles. The maximum absolute atomic E-state index is 14.4. The zero-order chi connectivity index (χ0) is 29.8. The zero-order valence-electron chi connectivity index (χ0n) is 22.4. The highest BCUT2D eigenvalue weighted by Gasteiger charge is 2.69. The number of carbonyl (C=O) groups excluding carboxylic acids is 3. The summed E-state index contributed by atoms with van der Waals surface area (Å²) in [5.74, 6) is -3.22. The SMILES string of the molecule is C[C@@H]1CCC(OC(C(F)(F)F)C(F)(F)S(=O)(=O)O)=C2C[C@H]3[C@@H]4C(=O)C[C@@H]5CC(=O)CC[C@]5(C)[C@H]4CC(=O)[C@]3(C)[C@H]21. The van der Waals surface area contributed by atoms with E-state index >= 15 is 0 Å². The summed E-state index contributed by atoms with van der Waals surface area (Å²) in [6.07, 6.45) is -8.59. The molecule has 7 nitrogen and oxygen atoms in total. The normalized spacial score (nSPS) is 41.2. The number of fused-ring (bicyclic) bond motifs is 7. The number of halogens is 5. The maximum atomic E-state index is 14.4. The molecule has 5 aliphatic carbocycles. The van der Waals surface area contributed by atoms with Crippen LogP contribution in [0.25, 0.3) is 0 Å². The Morgan fingerprint density at radius 2 is 1.62 bits per heavy atom. The average Bonchev–Trinajstić information content (AvgIpc) is 3.14. The van der Waals surface area contributed by atoms with Crippen LogP contribution < -0.4 is 0 Å². The summed E-state index contributed by atoms with van der Waals surface area (Å²) in [5, 5.41) is -5.67. The predicted molar refractivity (Wildman–Crippen MR) is 129 cm³/mol. The molecule has 4 fully saturated rings. The number of ketones is 3. The van der Waals surface area contributed by atoms with E-state index in [0.717, 1.165) is 0 Å². The lowest BCUT2D eigenvalue weighted by molar-refractivity contribution is -0.255. The molecule has 40 heavy (non-hydrogen) atoms. The Bertz CT molecular complexity index is 1290. The molecule has 0 spiro atoms. The molecule has 0 amide bonds. The minimum Gasteiger partial charge on any atom is -0.478 e. The van der Waals surface area contributed by atoms with Crippen LogP contribution in [0.15, 0.2) is 11.3 Å². The first kappa shape index (κ1) is 29.6. The standard InChI is InChI=1S/C27H33F5O7S/c1-12-4-5-19(39-23(26(28,29)30)27(31,32)40(36,37)38)15-10-17-21-16(11-20(35)25(17,3)22(12)15)24(2)7-6-14(33)8-13(24)9-18(21)34/h12-13,16-17,21-23H,4-11H2,1-3H3,(H,36,37,38)/t12-,13+,16+,17+,21-,22+,23?,24+,25-/m1/s1. The predicted octanol–water partition coefficient (Wildman–Crippen LogP) is 5.29. The summed E-state index contributed by atoms with van der Waals surface area (Å²) in [4.78, 5) is 39.8. The van der Waals surface area contributed by atoms with Gasteiger partial charge < -0.3 is 4.74 Å².